The topological polar surface area (TPSA) is 149 Å². The monoisotopic (exact) mass is 493 g/mol. The SMILES string of the molecule is CC(C)(C)[Si](C)(C)O[C@@H]1[C@H](N=Cc2ccccc2)[C@@H](CN=[N+]=[N-])O[C@H]1n1cnc2c(N)ncnc21. The van der Waals surface area contributed by atoms with E-state index in [4.69, 9.17) is 25.4 Å². The summed E-state index contributed by atoms with van der Waals surface area (Å²) in [5.74, 6) is 0.290. The summed E-state index contributed by atoms with van der Waals surface area (Å²) in [5.41, 5.74) is 17.0. The molecule has 0 unspecified atom stereocenters. The van der Waals surface area contributed by atoms with Crippen LogP contribution in [0.4, 0.5) is 5.82 Å². The van der Waals surface area contributed by atoms with Crippen molar-refractivity contribution in [3.05, 3.63) is 59.0 Å². The molecule has 3 heterocycles. The Labute approximate surface area is 205 Å². The highest BCUT2D eigenvalue weighted by Crippen LogP contribution is 2.43. The van der Waals surface area contributed by atoms with Crippen molar-refractivity contribution in [1.29, 1.82) is 0 Å². The smallest absolute Gasteiger partial charge is 0.192 e. The molecular formula is C23H31N9O2Si. The quantitative estimate of drug-likeness (QED) is 0.168. The van der Waals surface area contributed by atoms with Gasteiger partial charge in [-0.25, -0.2) is 15.0 Å². The van der Waals surface area contributed by atoms with Crippen molar-refractivity contribution in [2.75, 3.05) is 12.3 Å². The number of azide groups is 1. The van der Waals surface area contributed by atoms with Gasteiger partial charge in [0.15, 0.2) is 26.0 Å². The number of ether oxygens (including phenoxy) is 1. The van der Waals surface area contributed by atoms with E-state index in [1.807, 2.05) is 41.1 Å². The molecule has 0 amide bonds. The van der Waals surface area contributed by atoms with E-state index in [0.29, 0.717) is 11.2 Å². The Balaban J connectivity index is 1.80. The maximum absolute atomic E-state index is 9.00. The molecule has 1 saturated heterocycles. The molecule has 35 heavy (non-hydrogen) atoms. The predicted octanol–water partition coefficient (Wildman–Crippen LogP) is 4.49. The van der Waals surface area contributed by atoms with Crippen LogP contribution in [0.5, 0.6) is 0 Å². The Hall–Kier alpha value is -3.31. The van der Waals surface area contributed by atoms with Crippen LogP contribution in [0.15, 0.2) is 53.1 Å². The molecule has 3 aromatic rings. The minimum atomic E-state index is -2.26. The fraction of sp³-hybridized carbons (Fsp3) is 0.478. The molecule has 2 N–H and O–H groups in total. The number of aliphatic imine (C=N–C) groups is 1. The standard InChI is InChI=1S/C23H31N9O2Si/c1-23(2,3)35(4,5)34-19-17(26-11-15-9-7-6-8-10-15)16(12-30-31-25)33-22(19)32-14-29-18-20(24)27-13-28-21(18)32/h6-11,13-14,16-17,19,22H,12H2,1-5H3,(H2,24,27,28)/t16-,17-,19-,22-/m1/s1. The minimum Gasteiger partial charge on any atom is -0.407 e. The number of aromatic nitrogens is 4. The van der Waals surface area contributed by atoms with Crippen molar-refractivity contribution >= 4 is 31.5 Å². The maximum Gasteiger partial charge on any atom is 0.192 e. The lowest BCUT2D eigenvalue weighted by atomic mass is 10.1. The van der Waals surface area contributed by atoms with Gasteiger partial charge in [-0.3, -0.25) is 9.56 Å². The van der Waals surface area contributed by atoms with E-state index in [1.54, 1.807) is 6.33 Å². The van der Waals surface area contributed by atoms with Crippen LogP contribution in [0.25, 0.3) is 21.6 Å². The van der Waals surface area contributed by atoms with Crippen LogP contribution in [-0.4, -0.2) is 58.8 Å². The van der Waals surface area contributed by atoms with Crippen LogP contribution in [0.1, 0.15) is 32.6 Å². The molecule has 0 aliphatic carbocycles. The van der Waals surface area contributed by atoms with Gasteiger partial charge in [-0.05, 0) is 29.2 Å². The highest BCUT2D eigenvalue weighted by Gasteiger charge is 2.51. The first-order valence-electron chi connectivity index (χ1n) is 11.5. The normalized spacial score (nSPS) is 23.1. The van der Waals surface area contributed by atoms with Crippen molar-refractivity contribution in [2.45, 2.75) is 63.4 Å². The van der Waals surface area contributed by atoms with Crippen LogP contribution in [-0.2, 0) is 9.16 Å². The lowest BCUT2D eigenvalue weighted by Crippen LogP contribution is -2.48. The summed E-state index contributed by atoms with van der Waals surface area (Å²) in [4.78, 5) is 20.7. The molecule has 1 aliphatic heterocycles. The highest BCUT2D eigenvalue weighted by atomic mass is 28.4. The maximum atomic E-state index is 9.00. The summed E-state index contributed by atoms with van der Waals surface area (Å²) in [6.45, 7) is 11.0. The Morgan fingerprint density at radius 1 is 1.23 bits per heavy atom. The molecule has 0 radical (unpaired) electrons. The van der Waals surface area contributed by atoms with Crippen LogP contribution in [0.2, 0.25) is 18.1 Å². The minimum absolute atomic E-state index is 0.0439. The van der Waals surface area contributed by atoms with Gasteiger partial charge in [0, 0.05) is 11.1 Å². The Kier molecular flexibility index (Phi) is 6.90. The number of anilines is 1. The van der Waals surface area contributed by atoms with Crippen molar-refractivity contribution < 1.29 is 9.16 Å². The molecule has 0 spiro atoms. The molecule has 11 nitrogen and oxygen atoms in total. The Morgan fingerprint density at radius 3 is 2.66 bits per heavy atom. The van der Waals surface area contributed by atoms with Crippen LogP contribution in [0.3, 0.4) is 0 Å². The van der Waals surface area contributed by atoms with Crippen molar-refractivity contribution in [3.63, 3.8) is 0 Å². The van der Waals surface area contributed by atoms with E-state index >= 15 is 0 Å². The first-order chi connectivity index (χ1) is 16.6. The molecule has 0 saturated carbocycles. The first kappa shape index (κ1) is 24.8. The van der Waals surface area contributed by atoms with Crippen molar-refractivity contribution in [1.82, 2.24) is 19.5 Å². The zero-order valence-corrected chi connectivity index (χ0v) is 21.6. The van der Waals surface area contributed by atoms with Gasteiger partial charge in [-0.15, -0.1) is 0 Å². The molecule has 1 aromatic carbocycles. The fourth-order valence-corrected chi connectivity index (χ4v) is 5.09. The number of nitrogens with zero attached hydrogens (tertiary/aromatic N) is 8. The molecule has 1 fully saturated rings. The predicted molar refractivity (Wildman–Crippen MR) is 138 cm³/mol. The van der Waals surface area contributed by atoms with Gasteiger partial charge in [0.2, 0.25) is 0 Å². The summed E-state index contributed by atoms with van der Waals surface area (Å²) >= 11 is 0. The van der Waals surface area contributed by atoms with E-state index < -0.39 is 32.8 Å². The van der Waals surface area contributed by atoms with Crippen molar-refractivity contribution in [3.8, 4) is 0 Å². The lowest BCUT2D eigenvalue weighted by molar-refractivity contribution is -0.0285. The van der Waals surface area contributed by atoms with Gasteiger partial charge >= 0.3 is 0 Å². The van der Waals surface area contributed by atoms with Gasteiger partial charge in [-0.1, -0.05) is 56.2 Å². The number of nitrogen functional groups attached to an aromatic ring is 1. The van der Waals surface area contributed by atoms with Gasteiger partial charge in [0.25, 0.3) is 0 Å². The lowest BCUT2D eigenvalue weighted by Gasteiger charge is -2.40. The number of fused-ring (bicyclic) bond motifs is 1. The van der Waals surface area contributed by atoms with E-state index in [-0.39, 0.29) is 17.4 Å². The molecule has 12 heteroatoms. The molecule has 4 rings (SSSR count). The molecule has 4 atom stereocenters. The van der Waals surface area contributed by atoms with Gasteiger partial charge in [0.1, 0.15) is 24.0 Å². The highest BCUT2D eigenvalue weighted by molar-refractivity contribution is 6.74. The van der Waals surface area contributed by atoms with Gasteiger partial charge < -0.3 is 14.9 Å². The molecule has 2 aromatic heterocycles. The Morgan fingerprint density at radius 2 is 1.97 bits per heavy atom. The zero-order chi connectivity index (χ0) is 25.2. The number of nitrogens with two attached hydrogens (primary N) is 1. The summed E-state index contributed by atoms with van der Waals surface area (Å²) in [7, 11) is -2.26. The van der Waals surface area contributed by atoms with E-state index in [2.05, 4.69) is 58.8 Å². The van der Waals surface area contributed by atoms with Crippen LogP contribution >= 0.6 is 0 Å². The number of imidazole rings is 1. The number of hydrogen-bond acceptors (Lipinski definition) is 8. The molecular weight excluding hydrogens is 462 g/mol. The van der Waals surface area contributed by atoms with Crippen LogP contribution in [0, 0.1) is 0 Å². The third kappa shape index (κ3) is 5.05. The van der Waals surface area contributed by atoms with Crippen molar-refractivity contribution in [2.24, 2.45) is 10.1 Å². The second kappa shape index (κ2) is 9.74. The summed E-state index contributed by atoms with van der Waals surface area (Å²) in [6.07, 6.45) is 3.28. The van der Waals surface area contributed by atoms with E-state index in [1.165, 1.54) is 6.33 Å². The number of rotatable bonds is 7. The third-order valence-electron chi connectivity index (χ3n) is 6.73. The Bertz CT molecular complexity index is 1250. The molecule has 184 valence electrons. The van der Waals surface area contributed by atoms with Gasteiger partial charge in [-0.2, -0.15) is 0 Å². The summed E-state index contributed by atoms with van der Waals surface area (Å²) < 4.78 is 15.2. The van der Waals surface area contributed by atoms with Crippen LogP contribution < -0.4 is 5.73 Å². The number of hydrogen-bond donors (Lipinski definition) is 1. The average Bonchev–Trinajstić information content (AvgIpc) is 3.38. The van der Waals surface area contributed by atoms with E-state index in [0.717, 1.165) is 5.56 Å². The number of benzene rings is 1. The fourth-order valence-electron chi connectivity index (χ4n) is 3.80. The average molecular weight is 494 g/mol. The summed E-state index contributed by atoms with van der Waals surface area (Å²) in [5, 5.41) is 3.75. The molecule has 1 aliphatic rings. The second-order valence-electron chi connectivity index (χ2n) is 10.1. The van der Waals surface area contributed by atoms with E-state index in [9.17, 15) is 0 Å². The zero-order valence-electron chi connectivity index (χ0n) is 20.6. The molecule has 0 bridgehead atoms. The second-order valence-corrected chi connectivity index (χ2v) is 14.8. The summed E-state index contributed by atoms with van der Waals surface area (Å²) in [6, 6.07) is 9.41. The third-order valence-corrected chi connectivity index (χ3v) is 11.2. The first-order valence-corrected chi connectivity index (χ1v) is 14.4. The largest absolute Gasteiger partial charge is 0.407 e. The van der Waals surface area contributed by atoms with Gasteiger partial charge in [0.05, 0.1) is 19.0 Å².